The van der Waals surface area contributed by atoms with E-state index in [0.717, 1.165) is 40.6 Å². The largest absolute Gasteiger partial charge is 0.496 e. The van der Waals surface area contributed by atoms with Crippen molar-refractivity contribution in [1.82, 2.24) is 9.62 Å². The molecule has 1 N–H and O–H groups in total. The molecule has 0 saturated carbocycles. The first-order chi connectivity index (χ1) is 16.8. The summed E-state index contributed by atoms with van der Waals surface area (Å²) < 4.78 is 34.3. The molecule has 8 nitrogen and oxygen atoms in total. The summed E-state index contributed by atoms with van der Waals surface area (Å²) >= 11 is 4.77. The number of thioether (sulfide) groups is 1. The SMILES string of the molecule is COc1ccc(Br)cc1CNC(=O)CN1C(=O)CSc2ccc(S(=O)(=O)N3CCCCCC3)cc21. The smallest absolute Gasteiger partial charge is 0.243 e. The number of sulfonamides is 1. The van der Waals surface area contributed by atoms with E-state index in [-0.39, 0.29) is 35.6 Å². The summed E-state index contributed by atoms with van der Waals surface area (Å²) in [5.41, 5.74) is 1.25. The standard InChI is InChI=1S/C24H28BrN3O5S2/c1-33-21-8-6-18(25)12-17(21)14-26-23(29)15-28-20-13-19(7-9-22(20)34-16-24(28)30)35(31,32)27-10-4-2-3-5-11-27/h6-9,12-13H,2-5,10-11,14-16H2,1H3,(H,26,29). The second-order valence-electron chi connectivity index (χ2n) is 8.45. The normalized spacial score (nSPS) is 17.0. The van der Waals surface area contributed by atoms with Crippen LogP contribution in [0.3, 0.4) is 0 Å². The molecule has 0 spiro atoms. The molecule has 1 saturated heterocycles. The lowest BCUT2D eigenvalue weighted by atomic mass is 10.2. The Hall–Kier alpha value is -2.08. The number of nitrogens with zero attached hydrogens (tertiary/aromatic N) is 2. The zero-order valence-electron chi connectivity index (χ0n) is 19.5. The van der Waals surface area contributed by atoms with Crippen LogP contribution >= 0.6 is 27.7 Å². The highest BCUT2D eigenvalue weighted by Crippen LogP contribution is 2.37. The van der Waals surface area contributed by atoms with E-state index in [4.69, 9.17) is 4.74 Å². The molecule has 0 aromatic heterocycles. The topological polar surface area (TPSA) is 96.0 Å². The molecule has 2 heterocycles. The number of methoxy groups -OCH3 is 1. The van der Waals surface area contributed by atoms with Crippen LogP contribution in [0.1, 0.15) is 31.2 Å². The van der Waals surface area contributed by atoms with Gasteiger partial charge in [-0.1, -0.05) is 28.8 Å². The number of hydrogen-bond acceptors (Lipinski definition) is 6. The summed E-state index contributed by atoms with van der Waals surface area (Å²) in [5, 5.41) is 2.84. The molecule has 4 rings (SSSR count). The van der Waals surface area contributed by atoms with Gasteiger partial charge in [0.15, 0.2) is 0 Å². The van der Waals surface area contributed by atoms with Crippen LogP contribution in [0.25, 0.3) is 0 Å². The first-order valence-electron chi connectivity index (χ1n) is 11.5. The van der Waals surface area contributed by atoms with Gasteiger partial charge >= 0.3 is 0 Å². The monoisotopic (exact) mass is 581 g/mol. The number of fused-ring (bicyclic) bond motifs is 1. The number of rotatable bonds is 7. The zero-order chi connectivity index (χ0) is 25.0. The van der Waals surface area contributed by atoms with E-state index in [0.29, 0.717) is 24.5 Å². The van der Waals surface area contributed by atoms with E-state index < -0.39 is 10.0 Å². The van der Waals surface area contributed by atoms with Crippen LogP contribution in [0.4, 0.5) is 5.69 Å². The summed E-state index contributed by atoms with van der Waals surface area (Å²) in [6.07, 6.45) is 3.73. The molecule has 2 aromatic rings. The number of nitrogens with one attached hydrogen (secondary N) is 1. The Kier molecular flexibility index (Phi) is 8.41. The average molecular weight is 583 g/mol. The molecule has 2 aromatic carbocycles. The van der Waals surface area contributed by atoms with Gasteiger partial charge in [-0.2, -0.15) is 4.31 Å². The van der Waals surface area contributed by atoms with Crippen molar-refractivity contribution in [2.45, 2.75) is 42.0 Å². The number of halogens is 1. The van der Waals surface area contributed by atoms with Crippen LogP contribution in [-0.4, -0.2) is 57.0 Å². The van der Waals surface area contributed by atoms with Gasteiger partial charge in [0, 0.05) is 34.6 Å². The molecule has 11 heteroatoms. The first kappa shape index (κ1) is 26.0. The second-order valence-corrected chi connectivity index (χ2v) is 12.3. The van der Waals surface area contributed by atoms with Crippen molar-refractivity contribution in [1.29, 1.82) is 0 Å². The van der Waals surface area contributed by atoms with Crippen LogP contribution in [-0.2, 0) is 26.2 Å². The van der Waals surface area contributed by atoms with E-state index in [1.807, 2.05) is 12.1 Å². The van der Waals surface area contributed by atoms with Gasteiger partial charge in [0.25, 0.3) is 0 Å². The molecule has 0 atom stereocenters. The quantitative estimate of drug-likeness (QED) is 0.534. The predicted octanol–water partition coefficient (Wildman–Crippen LogP) is 3.78. The van der Waals surface area contributed by atoms with E-state index in [9.17, 15) is 18.0 Å². The molecule has 0 radical (unpaired) electrons. The molecule has 35 heavy (non-hydrogen) atoms. The number of ether oxygens (including phenoxy) is 1. The summed E-state index contributed by atoms with van der Waals surface area (Å²) in [7, 11) is -2.12. The van der Waals surface area contributed by atoms with Gasteiger partial charge in [0.2, 0.25) is 21.8 Å². The Labute approximate surface area is 218 Å². The van der Waals surface area contributed by atoms with E-state index in [1.54, 1.807) is 25.3 Å². The molecule has 2 amide bonds. The second kappa shape index (κ2) is 11.3. The van der Waals surface area contributed by atoms with Crippen molar-refractivity contribution in [3.05, 3.63) is 46.4 Å². The summed E-state index contributed by atoms with van der Waals surface area (Å²) in [4.78, 5) is 27.9. The highest BCUT2D eigenvalue weighted by Gasteiger charge is 2.31. The predicted molar refractivity (Wildman–Crippen MR) is 139 cm³/mol. The van der Waals surface area contributed by atoms with Gasteiger partial charge < -0.3 is 15.0 Å². The van der Waals surface area contributed by atoms with Gasteiger partial charge in [-0.3, -0.25) is 9.59 Å². The number of carbonyl (C=O) groups excluding carboxylic acids is 2. The maximum Gasteiger partial charge on any atom is 0.243 e. The van der Waals surface area contributed by atoms with E-state index >= 15 is 0 Å². The molecule has 0 bridgehead atoms. The third-order valence-electron chi connectivity index (χ3n) is 6.10. The molecule has 0 unspecified atom stereocenters. The summed E-state index contributed by atoms with van der Waals surface area (Å²) in [6, 6.07) is 10.4. The minimum Gasteiger partial charge on any atom is -0.496 e. The maximum atomic E-state index is 13.3. The third-order valence-corrected chi connectivity index (χ3v) is 9.53. The fourth-order valence-electron chi connectivity index (χ4n) is 4.23. The summed E-state index contributed by atoms with van der Waals surface area (Å²) in [6.45, 7) is 1.03. The first-order valence-corrected chi connectivity index (χ1v) is 14.7. The van der Waals surface area contributed by atoms with Crippen LogP contribution in [0.15, 0.2) is 50.7 Å². The minimum atomic E-state index is -3.68. The van der Waals surface area contributed by atoms with E-state index in [2.05, 4.69) is 21.2 Å². The van der Waals surface area contributed by atoms with Gasteiger partial charge in [-0.25, -0.2) is 8.42 Å². The van der Waals surface area contributed by atoms with Crippen molar-refractivity contribution in [3.8, 4) is 5.75 Å². The Morgan fingerprint density at radius 3 is 2.57 bits per heavy atom. The zero-order valence-corrected chi connectivity index (χ0v) is 22.7. The molecule has 188 valence electrons. The molecule has 2 aliphatic heterocycles. The molecule has 2 aliphatic rings. The number of amides is 2. The summed E-state index contributed by atoms with van der Waals surface area (Å²) in [5.74, 6) is 0.256. The fraction of sp³-hybridized carbons (Fsp3) is 0.417. The maximum absolute atomic E-state index is 13.3. The van der Waals surface area contributed by atoms with Crippen LogP contribution in [0.2, 0.25) is 0 Å². The van der Waals surface area contributed by atoms with Crippen molar-refractivity contribution < 1.29 is 22.7 Å². The van der Waals surface area contributed by atoms with Crippen molar-refractivity contribution in [3.63, 3.8) is 0 Å². The number of hydrogen-bond donors (Lipinski definition) is 1. The lowest BCUT2D eigenvalue weighted by molar-refractivity contribution is -0.123. The average Bonchev–Trinajstić information content (AvgIpc) is 3.15. The fourth-order valence-corrected chi connectivity index (χ4v) is 7.09. The van der Waals surface area contributed by atoms with Crippen molar-refractivity contribution >= 4 is 55.2 Å². The van der Waals surface area contributed by atoms with Crippen LogP contribution in [0, 0.1) is 0 Å². The molecular formula is C24H28BrN3O5S2. The Bertz CT molecular complexity index is 1210. The third kappa shape index (κ3) is 6.02. The van der Waals surface area contributed by atoms with Crippen molar-refractivity contribution in [2.75, 3.05) is 37.4 Å². The Morgan fingerprint density at radius 1 is 1.11 bits per heavy atom. The van der Waals surface area contributed by atoms with E-state index in [1.165, 1.54) is 27.0 Å². The minimum absolute atomic E-state index is 0.151. The number of benzene rings is 2. The lowest BCUT2D eigenvalue weighted by Crippen LogP contribution is -2.43. The Balaban J connectivity index is 1.52. The number of carbonyl (C=O) groups is 2. The van der Waals surface area contributed by atoms with Crippen LogP contribution in [0.5, 0.6) is 5.75 Å². The number of anilines is 1. The van der Waals surface area contributed by atoms with Crippen LogP contribution < -0.4 is 15.0 Å². The highest BCUT2D eigenvalue weighted by atomic mass is 79.9. The van der Waals surface area contributed by atoms with Gasteiger partial charge in [-0.05, 0) is 49.2 Å². The van der Waals surface area contributed by atoms with Gasteiger partial charge in [0.05, 0.1) is 23.4 Å². The molecular weight excluding hydrogens is 554 g/mol. The lowest BCUT2D eigenvalue weighted by Gasteiger charge is -2.29. The Morgan fingerprint density at radius 2 is 1.86 bits per heavy atom. The van der Waals surface area contributed by atoms with Gasteiger partial charge in [-0.15, -0.1) is 11.8 Å². The molecule has 1 fully saturated rings. The highest BCUT2D eigenvalue weighted by molar-refractivity contribution is 9.10. The van der Waals surface area contributed by atoms with Crippen molar-refractivity contribution in [2.24, 2.45) is 0 Å². The molecule has 0 aliphatic carbocycles. The van der Waals surface area contributed by atoms with Gasteiger partial charge in [0.1, 0.15) is 12.3 Å².